The normalized spacial score (nSPS) is 25.1. The van der Waals surface area contributed by atoms with E-state index in [1.54, 1.807) is 6.20 Å². The lowest BCUT2D eigenvalue weighted by atomic mass is 10.0. The van der Waals surface area contributed by atoms with Crippen LogP contribution in [0.15, 0.2) is 12.3 Å². The van der Waals surface area contributed by atoms with Crippen LogP contribution in [0.5, 0.6) is 0 Å². The number of pyridine rings is 1. The molecule has 1 aromatic rings. The molecule has 0 aliphatic carbocycles. The van der Waals surface area contributed by atoms with E-state index in [9.17, 15) is 0 Å². The summed E-state index contributed by atoms with van der Waals surface area (Å²) < 4.78 is 0. The van der Waals surface area contributed by atoms with Crippen LogP contribution in [-0.4, -0.2) is 23.2 Å². The molecule has 0 amide bonds. The minimum Gasteiger partial charge on any atom is -0.392 e. The average Bonchev–Trinajstić information content (AvgIpc) is 2.60. The number of aliphatic hydroxyl groups excluding tert-OH is 1. The zero-order valence-electron chi connectivity index (χ0n) is 9.65. The SMILES string of the molecule is CC1CN(c2cc(CO)c(Cl)cn2)CC1C. The van der Waals surface area contributed by atoms with Gasteiger partial charge in [-0.25, -0.2) is 4.98 Å². The van der Waals surface area contributed by atoms with Crippen molar-refractivity contribution in [2.75, 3.05) is 18.0 Å². The van der Waals surface area contributed by atoms with Crippen LogP contribution in [0, 0.1) is 11.8 Å². The van der Waals surface area contributed by atoms with Gasteiger partial charge in [0.1, 0.15) is 5.82 Å². The van der Waals surface area contributed by atoms with Gasteiger partial charge in [-0.15, -0.1) is 0 Å². The highest BCUT2D eigenvalue weighted by molar-refractivity contribution is 6.31. The highest BCUT2D eigenvalue weighted by Gasteiger charge is 2.27. The van der Waals surface area contributed by atoms with Crippen LogP contribution >= 0.6 is 11.6 Å². The molecule has 2 heterocycles. The van der Waals surface area contributed by atoms with Gasteiger partial charge in [0, 0.05) is 24.8 Å². The average molecular weight is 241 g/mol. The summed E-state index contributed by atoms with van der Waals surface area (Å²) in [5, 5.41) is 9.69. The Morgan fingerprint density at radius 1 is 1.44 bits per heavy atom. The molecule has 1 aliphatic rings. The Hall–Kier alpha value is -0.800. The lowest BCUT2D eigenvalue weighted by Gasteiger charge is -2.18. The summed E-state index contributed by atoms with van der Waals surface area (Å²) in [5.74, 6) is 2.30. The summed E-state index contributed by atoms with van der Waals surface area (Å²) >= 11 is 5.92. The van der Waals surface area contributed by atoms with Crippen molar-refractivity contribution in [3.63, 3.8) is 0 Å². The summed E-state index contributed by atoms with van der Waals surface area (Å²) in [4.78, 5) is 6.58. The number of aromatic nitrogens is 1. The molecule has 1 aliphatic heterocycles. The van der Waals surface area contributed by atoms with E-state index in [-0.39, 0.29) is 6.61 Å². The molecule has 1 fully saturated rings. The van der Waals surface area contributed by atoms with E-state index in [4.69, 9.17) is 16.7 Å². The van der Waals surface area contributed by atoms with Gasteiger partial charge in [0.25, 0.3) is 0 Å². The highest BCUT2D eigenvalue weighted by atomic mass is 35.5. The monoisotopic (exact) mass is 240 g/mol. The molecule has 88 valence electrons. The van der Waals surface area contributed by atoms with Crippen LogP contribution in [0.25, 0.3) is 0 Å². The molecule has 2 atom stereocenters. The van der Waals surface area contributed by atoms with Crippen LogP contribution in [0.4, 0.5) is 5.82 Å². The molecule has 0 radical (unpaired) electrons. The number of hydrogen-bond donors (Lipinski definition) is 1. The summed E-state index contributed by atoms with van der Waals surface area (Å²) in [6.07, 6.45) is 1.62. The molecule has 2 rings (SSSR count). The number of halogens is 1. The number of aliphatic hydroxyl groups is 1. The predicted molar refractivity (Wildman–Crippen MR) is 65.7 cm³/mol. The van der Waals surface area contributed by atoms with E-state index >= 15 is 0 Å². The Balaban J connectivity index is 2.22. The number of anilines is 1. The summed E-state index contributed by atoms with van der Waals surface area (Å²) in [6, 6.07) is 1.88. The second-order valence-corrected chi connectivity index (χ2v) is 5.06. The molecule has 16 heavy (non-hydrogen) atoms. The van der Waals surface area contributed by atoms with Gasteiger partial charge in [-0.05, 0) is 17.9 Å². The van der Waals surface area contributed by atoms with Gasteiger partial charge < -0.3 is 10.0 Å². The zero-order chi connectivity index (χ0) is 11.7. The van der Waals surface area contributed by atoms with Crippen molar-refractivity contribution in [2.45, 2.75) is 20.5 Å². The third-order valence-electron chi connectivity index (χ3n) is 3.40. The molecule has 0 saturated carbocycles. The van der Waals surface area contributed by atoms with Crippen molar-refractivity contribution < 1.29 is 5.11 Å². The fourth-order valence-corrected chi connectivity index (χ4v) is 2.24. The summed E-state index contributed by atoms with van der Waals surface area (Å²) in [7, 11) is 0. The number of nitrogens with zero attached hydrogens (tertiary/aromatic N) is 2. The first-order valence-electron chi connectivity index (χ1n) is 5.62. The van der Waals surface area contributed by atoms with E-state index in [1.165, 1.54) is 0 Å². The summed E-state index contributed by atoms with van der Waals surface area (Å²) in [6.45, 7) is 6.54. The Morgan fingerprint density at radius 2 is 2.06 bits per heavy atom. The van der Waals surface area contributed by atoms with Gasteiger partial charge in [-0.2, -0.15) is 0 Å². The molecule has 1 N–H and O–H groups in total. The minimum atomic E-state index is -0.0344. The molecule has 4 heteroatoms. The molecule has 1 saturated heterocycles. The van der Waals surface area contributed by atoms with Crippen molar-refractivity contribution in [1.82, 2.24) is 4.98 Å². The van der Waals surface area contributed by atoms with Gasteiger partial charge in [0.05, 0.1) is 11.6 Å². The first kappa shape index (κ1) is 11.7. The molecule has 0 aromatic carbocycles. The van der Waals surface area contributed by atoms with Gasteiger partial charge >= 0.3 is 0 Å². The topological polar surface area (TPSA) is 36.4 Å². The fraction of sp³-hybridized carbons (Fsp3) is 0.583. The summed E-state index contributed by atoms with van der Waals surface area (Å²) in [5.41, 5.74) is 0.749. The first-order valence-corrected chi connectivity index (χ1v) is 6.00. The highest BCUT2D eigenvalue weighted by Crippen LogP contribution is 2.28. The van der Waals surface area contributed by atoms with E-state index in [0.29, 0.717) is 16.9 Å². The van der Waals surface area contributed by atoms with Crippen molar-refractivity contribution >= 4 is 17.4 Å². The number of rotatable bonds is 2. The van der Waals surface area contributed by atoms with Crippen molar-refractivity contribution in [3.05, 3.63) is 22.8 Å². The van der Waals surface area contributed by atoms with Gasteiger partial charge in [0.2, 0.25) is 0 Å². The molecular weight excluding hydrogens is 224 g/mol. The van der Waals surface area contributed by atoms with Crippen molar-refractivity contribution in [1.29, 1.82) is 0 Å². The fourth-order valence-electron chi connectivity index (χ4n) is 2.08. The van der Waals surface area contributed by atoms with Crippen LogP contribution in [0.3, 0.4) is 0 Å². The molecule has 3 nitrogen and oxygen atoms in total. The quantitative estimate of drug-likeness (QED) is 0.862. The van der Waals surface area contributed by atoms with Crippen LogP contribution in [0.1, 0.15) is 19.4 Å². The van der Waals surface area contributed by atoms with Gasteiger partial charge in [0.15, 0.2) is 0 Å². The molecule has 1 aromatic heterocycles. The maximum atomic E-state index is 9.16. The van der Waals surface area contributed by atoms with Gasteiger partial charge in [-0.3, -0.25) is 0 Å². The second kappa shape index (κ2) is 4.60. The van der Waals surface area contributed by atoms with Crippen LogP contribution in [0.2, 0.25) is 5.02 Å². The van der Waals surface area contributed by atoms with E-state index in [1.807, 2.05) is 6.07 Å². The number of hydrogen-bond acceptors (Lipinski definition) is 3. The molecule has 2 unspecified atom stereocenters. The minimum absolute atomic E-state index is 0.0344. The van der Waals surface area contributed by atoms with E-state index in [2.05, 4.69) is 23.7 Å². The van der Waals surface area contributed by atoms with Gasteiger partial charge in [-0.1, -0.05) is 25.4 Å². The van der Waals surface area contributed by atoms with Crippen molar-refractivity contribution in [2.24, 2.45) is 11.8 Å². The Morgan fingerprint density at radius 3 is 2.62 bits per heavy atom. The lowest BCUT2D eigenvalue weighted by Crippen LogP contribution is -2.20. The third kappa shape index (κ3) is 2.15. The predicted octanol–water partition coefficient (Wildman–Crippen LogP) is 2.32. The lowest BCUT2D eigenvalue weighted by molar-refractivity contribution is 0.282. The zero-order valence-corrected chi connectivity index (χ0v) is 10.4. The molecule has 0 bridgehead atoms. The smallest absolute Gasteiger partial charge is 0.128 e. The van der Waals surface area contributed by atoms with E-state index in [0.717, 1.165) is 24.5 Å². The maximum Gasteiger partial charge on any atom is 0.128 e. The Bertz CT molecular complexity index is 373. The maximum absolute atomic E-state index is 9.16. The Kier molecular flexibility index (Phi) is 3.36. The van der Waals surface area contributed by atoms with Crippen LogP contribution in [-0.2, 0) is 6.61 Å². The first-order chi connectivity index (χ1) is 7.61. The molecule has 0 spiro atoms. The van der Waals surface area contributed by atoms with Crippen LogP contribution < -0.4 is 4.90 Å². The van der Waals surface area contributed by atoms with E-state index < -0.39 is 0 Å². The van der Waals surface area contributed by atoms with Crippen molar-refractivity contribution in [3.8, 4) is 0 Å². The molecular formula is C12H17ClN2O. The Labute approximate surface area is 101 Å². The largest absolute Gasteiger partial charge is 0.392 e. The second-order valence-electron chi connectivity index (χ2n) is 4.65. The standard InChI is InChI=1S/C12H17ClN2O/c1-8-5-15(6-9(8)2)12-3-10(7-16)11(13)4-14-12/h3-4,8-9,16H,5-7H2,1-2H3. The third-order valence-corrected chi connectivity index (χ3v) is 3.74.